The first-order valence-corrected chi connectivity index (χ1v) is 17.4. The highest BCUT2D eigenvalue weighted by Crippen LogP contribution is 2.48. The summed E-state index contributed by atoms with van der Waals surface area (Å²) in [6.45, 7) is 0. The van der Waals surface area contributed by atoms with Crippen molar-refractivity contribution in [1.82, 2.24) is 0 Å². The summed E-state index contributed by atoms with van der Waals surface area (Å²) in [5.41, 5.74) is 10.0. The van der Waals surface area contributed by atoms with Crippen LogP contribution in [0.15, 0.2) is 180 Å². The summed E-state index contributed by atoms with van der Waals surface area (Å²) in [6, 6.07) is 63.0. The molecule has 0 aliphatic heterocycles. The normalized spacial score (nSPS) is 11.7. The molecule has 0 N–H and O–H groups in total. The molecular formula is C46H29NOS. The number of nitrogens with zero attached hydrogens (tertiary/aromatic N) is 1. The molecule has 3 heteroatoms. The highest BCUT2D eigenvalue weighted by molar-refractivity contribution is 7.27. The second kappa shape index (κ2) is 11.2. The van der Waals surface area contributed by atoms with Gasteiger partial charge in [-0.3, -0.25) is 0 Å². The van der Waals surface area contributed by atoms with E-state index < -0.39 is 0 Å². The van der Waals surface area contributed by atoms with E-state index in [4.69, 9.17) is 4.42 Å². The van der Waals surface area contributed by atoms with Crippen molar-refractivity contribution in [2.24, 2.45) is 0 Å². The average Bonchev–Trinajstić information content (AvgIpc) is 3.75. The van der Waals surface area contributed by atoms with Crippen LogP contribution < -0.4 is 4.90 Å². The minimum absolute atomic E-state index is 0.920. The standard InChI is InChI=1S/C46H29NOS/c1-3-13-32(14-4-1)47(33-15-5-2-6-16-33)42-23-12-22-39-41-29-40(35-17-7-8-19-38(35)45(41)49-46(39)42)31-27-25-30(26-28-31)34-20-11-21-37-36-18-9-10-24-43(36)48-44(34)37/h1-29H. The summed E-state index contributed by atoms with van der Waals surface area (Å²) < 4.78 is 8.97. The van der Waals surface area contributed by atoms with Gasteiger partial charge in [0.2, 0.25) is 0 Å². The van der Waals surface area contributed by atoms with Crippen molar-refractivity contribution < 1.29 is 4.42 Å². The van der Waals surface area contributed by atoms with Crippen LogP contribution in [0, 0.1) is 0 Å². The predicted molar refractivity (Wildman–Crippen MR) is 210 cm³/mol. The van der Waals surface area contributed by atoms with Gasteiger partial charge in [-0.2, -0.15) is 0 Å². The van der Waals surface area contributed by atoms with E-state index in [1.165, 1.54) is 47.8 Å². The largest absolute Gasteiger partial charge is 0.455 e. The quantitative estimate of drug-likeness (QED) is 0.186. The van der Waals surface area contributed by atoms with Crippen LogP contribution >= 0.6 is 11.3 Å². The Morgan fingerprint density at radius 3 is 1.67 bits per heavy atom. The second-order valence-corrected chi connectivity index (χ2v) is 13.5. The monoisotopic (exact) mass is 643 g/mol. The Kier molecular flexibility index (Phi) is 6.39. The van der Waals surface area contributed by atoms with Gasteiger partial charge in [0, 0.05) is 48.6 Å². The van der Waals surface area contributed by atoms with Crippen molar-refractivity contribution in [2.75, 3.05) is 4.90 Å². The molecule has 230 valence electrons. The van der Waals surface area contributed by atoms with Gasteiger partial charge >= 0.3 is 0 Å². The number of rotatable bonds is 5. The fourth-order valence-electron chi connectivity index (χ4n) is 7.41. The number of thiophene rings is 1. The first kappa shape index (κ1) is 27.9. The number of benzene rings is 8. The summed E-state index contributed by atoms with van der Waals surface area (Å²) in [5.74, 6) is 0. The van der Waals surface area contributed by atoms with Gasteiger partial charge in [0.15, 0.2) is 0 Å². The fourth-order valence-corrected chi connectivity index (χ4v) is 8.73. The van der Waals surface area contributed by atoms with Crippen molar-refractivity contribution in [3.05, 3.63) is 176 Å². The SMILES string of the molecule is c1ccc(N(c2ccccc2)c2cccc3c2sc2c4ccccc4c(-c4ccc(-c5cccc6c5oc5ccccc56)cc4)cc32)cc1. The molecule has 2 aromatic heterocycles. The molecule has 49 heavy (non-hydrogen) atoms. The molecule has 0 aliphatic rings. The van der Waals surface area contributed by atoms with Crippen LogP contribution in [-0.2, 0) is 0 Å². The zero-order valence-corrected chi connectivity index (χ0v) is 27.3. The van der Waals surface area contributed by atoms with Gasteiger partial charge in [-0.25, -0.2) is 0 Å². The van der Waals surface area contributed by atoms with Crippen molar-refractivity contribution in [2.45, 2.75) is 0 Å². The van der Waals surface area contributed by atoms with E-state index in [1.54, 1.807) is 0 Å². The molecule has 0 atom stereocenters. The summed E-state index contributed by atoms with van der Waals surface area (Å²) in [4.78, 5) is 2.38. The summed E-state index contributed by atoms with van der Waals surface area (Å²) in [7, 11) is 0. The highest BCUT2D eigenvalue weighted by Gasteiger charge is 2.20. The Morgan fingerprint density at radius 2 is 0.939 bits per heavy atom. The Morgan fingerprint density at radius 1 is 0.388 bits per heavy atom. The van der Waals surface area contributed by atoms with Gasteiger partial charge in [-0.15, -0.1) is 11.3 Å². The van der Waals surface area contributed by atoms with E-state index >= 15 is 0 Å². The maximum Gasteiger partial charge on any atom is 0.143 e. The summed E-state index contributed by atoms with van der Waals surface area (Å²) >= 11 is 1.89. The van der Waals surface area contributed by atoms with Crippen molar-refractivity contribution in [3.8, 4) is 22.3 Å². The van der Waals surface area contributed by atoms with Gasteiger partial charge in [0.1, 0.15) is 11.2 Å². The van der Waals surface area contributed by atoms with Crippen molar-refractivity contribution in [3.63, 3.8) is 0 Å². The van der Waals surface area contributed by atoms with Crippen LogP contribution in [-0.4, -0.2) is 0 Å². The predicted octanol–water partition coefficient (Wildman–Crippen LogP) is 13.9. The molecule has 0 aliphatic carbocycles. The molecule has 10 aromatic rings. The molecule has 0 spiro atoms. The van der Waals surface area contributed by atoms with Crippen LogP contribution in [0.3, 0.4) is 0 Å². The van der Waals surface area contributed by atoms with Crippen LogP contribution in [0.4, 0.5) is 17.1 Å². The van der Waals surface area contributed by atoms with E-state index in [9.17, 15) is 0 Å². The molecule has 10 rings (SSSR count). The van der Waals surface area contributed by atoms with Gasteiger partial charge < -0.3 is 9.32 Å². The minimum Gasteiger partial charge on any atom is -0.455 e. The molecule has 0 bridgehead atoms. The third kappa shape index (κ3) is 4.47. The highest BCUT2D eigenvalue weighted by atomic mass is 32.1. The number of furan rings is 1. The molecule has 0 amide bonds. The van der Waals surface area contributed by atoms with Gasteiger partial charge in [0.05, 0.1) is 10.4 Å². The zero-order chi connectivity index (χ0) is 32.3. The number of para-hydroxylation sites is 4. The molecule has 0 saturated carbocycles. The topological polar surface area (TPSA) is 16.4 Å². The number of hydrogen-bond donors (Lipinski definition) is 0. The lowest BCUT2D eigenvalue weighted by atomic mass is 9.94. The third-order valence-corrected chi connectivity index (χ3v) is 10.9. The molecule has 2 nitrogen and oxygen atoms in total. The van der Waals surface area contributed by atoms with Crippen LogP contribution in [0.5, 0.6) is 0 Å². The zero-order valence-electron chi connectivity index (χ0n) is 26.5. The number of anilines is 3. The van der Waals surface area contributed by atoms with Crippen molar-refractivity contribution in [1.29, 1.82) is 0 Å². The van der Waals surface area contributed by atoms with Gasteiger partial charge in [-0.1, -0.05) is 133 Å². The molecule has 0 radical (unpaired) electrons. The lowest BCUT2D eigenvalue weighted by Crippen LogP contribution is -2.09. The average molecular weight is 644 g/mol. The Hall–Kier alpha value is -6.16. The summed E-state index contributed by atoms with van der Waals surface area (Å²) in [6.07, 6.45) is 0. The van der Waals surface area contributed by atoms with E-state index in [2.05, 4.69) is 169 Å². The van der Waals surface area contributed by atoms with Crippen LogP contribution in [0.1, 0.15) is 0 Å². The maximum absolute atomic E-state index is 6.37. The molecule has 0 unspecified atom stereocenters. The molecule has 8 aromatic carbocycles. The third-order valence-electron chi connectivity index (χ3n) is 9.66. The van der Waals surface area contributed by atoms with E-state index in [-0.39, 0.29) is 0 Å². The van der Waals surface area contributed by atoms with E-state index in [0.717, 1.165) is 44.4 Å². The molecular weight excluding hydrogens is 615 g/mol. The maximum atomic E-state index is 6.37. The lowest BCUT2D eigenvalue weighted by Gasteiger charge is -2.25. The first-order chi connectivity index (χ1) is 24.3. The van der Waals surface area contributed by atoms with E-state index in [0.29, 0.717) is 0 Å². The van der Waals surface area contributed by atoms with Gasteiger partial charge in [-0.05, 0) is 64.5 Å². The Balaban J connectivity index is 1.15. The Labute approximate surface area is 287 Å². The lowest BCUT2D eigenvalue weighted by molar-refractivity contribution is 0.670. The van der Waals surface area contributed by atoms with Gasteiger partial charge in [0.25, 0.3) is 0 Å². The number of fused-ring (bicyclic) bond motifs is 8. The second-order valence-electron chi connectivity index (χ2n) is 12.5. The van der Waals surface area contributed by atoms with Crippen molar-refractivity contribution >= 4 is 81.3 Å². The molecule has 0 fully saturated rings. The smallest absolute Gasteiger partial charge is 0.143 e. The van der Waals surface area contributed by atoms with Crippen LogP contribution in [0.25, 0.3) is 75.1 Å². The van der Waals surface area contributed by atoms with Crippen LogP contribution in [0.2, 0.25) is 0 Å². The van der Waals surface area contributed by atoms with E-state index in [1.807, 2.05) is 23.5 Å². The minimum atomic E-state index is 0.920. The molecule has 0 saturated heterocycles. The fraction of sp³-hybridized carbons (Fsp3) is 0. The Bertz CT molecular complexity index is 2770. The number of hydrogen-bond acceptors (Lipinski definition) is 3. The first-order valence-electron chi connectivity index (χ1n) is 16.6. The molecule has 2 heterocycles. The summed E-state index contributed by atoms with van der Waals surface area (Å²) in [5, 5.41) is 7.40.